The summed E-state index contributed by atoms with van der Waals surface area (Å²) in [5, 5.41) is 0. The number of benzene rings is 2. The molecule has 0 bridgehead atoms. The Balaban J connectivity index is 1.82. The predicted molar refractivity (Wildman–Crippen MR) is 88.8 cm³/mol. The number of fused-ring (bicyclic) bond motifs is 1. The summed E-state index contributed by atoms with van der Waals surface area (Å²) >= 11 is 0. The molecule has 2 fully saturated rings. The maximum atomic E-state index is 6.47. The van der Waals surface area contributed by atoms with Gasteiger partial charge in [-0.1, -0.05) is 67.6 Å². The van der Waals surface area contributed by atoms with Crippen molar-refractivity contribution in [2.75, 3.05) is 6.61 Å². The summed E-state index contributed by atoms with van der Waals surface area (Å²) in [6, 6.07) is 21.1. The number of hydrogen-bond donors (Lipinski definition) is 0. The molecule has 23 heavy (non-hydrogen) atoms. The number of ether oxygens (including phenoxy) is 2. The molecule has 0 radical (unpaired) electrons. The van der Waals surface area contributed by atoms with E-state index < -0.39 is 5.60 Å². The van der Waals surface area contributed by atoms with Crippen LogP contribution in [-0.2, 0) is 15.1 Å². The lowest BCUT2D eigenvalue weighted by Gasteiger charge is -2.44. The molecule has 3 atom stereocenters. The van der Waals surface area contributed by atoms with Crippen LogP contribution in [0.25, 0.3) is 0 Å². The van der Waals surface area contributed by atoms with Crippen molar-refractivity contribution in [2.24, 2.45) is 11.3 Å². The zero-order valence-corrected chi connectivity index (χ0v) is 13.2. The van der Waals surface area contributed by atoms with Crippen LogP contribution >= 0.6 is 0 Å². The van der Waals surface area contributed by atoms with Gasteiger partial charge in [0, 0.05) is 29.1 Å². The molecular formula is C21H20O2. The molecule has 1 spiro atoms. The van der Waals surface area contributed by atoms with Crippen LogP contribution in [-0.4, -0.2) is 12.2 Å². The second-order valence-corrected chi connectivity index (χ2v) is 7.04. The van der Waals surface area contributed by atoms with Crippen LogP contribution in [0.5, 0.6) is 0 Å². The summed E-state index contributed by atoms with van der Waals surface area (Å²) in [5.74, 6) is 0.508. The third-order valence-corrected chi connectivity index (χ3v) is 6.21. The van der Waals surface area contributed by atoms with Gasteiger partial charge in [-0.3, -0.25) is 0 Å². The molecule has 116 valence electrons. The first-order chi connectivity index (χ1) is 11.3. The lowest BCUT2D eigenvalue weighted by atomic mass is 9.75. The van der Waals surface area contributed by atoms with Gasteiger partial charge in [0.2, 0.25) is 0 Å². The largest absolute Gasteiger partial charge is 0.483 e. The van der Waals surface area contributed by atoms with Gasteiger partial charge in [0.1, 0.15) is 5.60 Å². The van der Waals surface area contributed by atoms with Gasteiger partial charge < -0.3 is 9.47 Å². The van der Waals surface area contributed by atoms with Gasteiger partial charge in [0.05, 0.1) is 6.26 Å². The Kier molecular flexibility index (Phi) is 2.48. The average Bonchev–Trinajstić information content (AvgIpc) is 2.93. The molecule has 0 unspecified atom stereocenters. The molecule has 0 N–H and O–H groups in total. The molecule has 2 heterocycles. The Morgan fingerprint density at radius 2 is 1.52 bits per heavy atom. The maximum Gasteiger partial charge on any atom is 0.188 e. The second-order valence-electron chi connectivity index (χ2n) is 7.04. The molecule has 2 nitrogen and oxygen atoms in total. The van der Waals surface area contributed by atoms with Gasteiger partial charge in [-0.2, -0.15) is 0 Å². The summed E-state index contributed by atoms with van der Waals surface area (Å²) in [6.45, 7) is 3.13. The normalized spacial score (nSPS) is 36.0. The fourth-order valence-electron chi connectivity index (χ4n) is 5.20. The van der Waals surface area contributed by atoms with Crippen LogP contribution in [0.3, 0.4) is 0 Å². The Morgan fingerprint density at radius 3 is 2.13 bits per heavy atom. The van der Waals surface area contributed by atoms with Crippen LogP contribution in [0.4, 0.5) is 0 Å². The van der Waals surface area contributed by atoms with Gasteiger partial charge in [-0.05, 0) is 12.5 Å². The van der Waals surface area contributed by atoms with E-state index in [0.717, 1.165) is 13.0 Å². The van der Waals surface area contributed by atoms with Crippen molar-refractivity contribution in [3.8, 4) is 0 Å². The van der Waals surface area contributed by atoms with Crippen molar-refractivity contribution in [1.82, 2.24) is 0 Å². The van der Waals surface area contributed by atoms with E-state index in [1.807, 2.05) is 6.26 Å². The average molecular weight is 304 g/mol. The van der Waals surface area contributed by atoms with E-state index >= 15 is 0 Å². The molecular weight excluding hydrogens is 284 g/mol. The lowest BCUT2D eigenvalue weighted by molar-refractivity contribution is -0.127. The smallest absolute Gasteiger partial charge is 0.188 e. The van der Waals surface area contributed by atoms with Crippen LogP contribution in [0, 0.1) is 11.3 Å². The maximum absolute atomic E-state index is 6.47. The molecule has 5 rings (SSSR count). The van der Waals surface area contributed by atoms with Crippen LogP contribution in [0.2, 0.25) is 0 Å². The van der Waals surface area contributed by atoms with E-state index in [1.165, 1.54) is 11.1 Å². The highest BCUT2D eigenvalue weighted by atomic mass is 16.6. The molecule has 3 aliphatic rings. The van der Waals surface area contributed by atoms with Crippen LogP contribution in [0.1, 0.15) is 24.5 Å². The van der Waals surface area contributed by atoms with Gasteiger partial charge in [-0.25, -0.2) is 0 Å². The first-order valence-electron chi connectivity index (χ1n) is 8.36. The monoisotopic (exact) mass is 304 g/mol. The Hall–Kier alpha value is -2.06. The van der Waals surface area contributed by atoms with Crippen molar-refractivity contribution in [1.29, 1.82) is 0 Å². The topological polar surface area (TPSA) is 18.5 Å². The predicted octanol–water partition coefficient (Wildman–Crippen LogP) is 4.27. The van der Waals surface area contributed by atoms with Crippen molar-refractivity contribution in [3.05, 3.63) is 84.1 Å². The molecule has 1 saturated heterocycles. The summed E-state index contributed by atoms with van der Waals surface area (Å²) in [5.41, 5.74) is 1.53. The van der Waals surface area contributed by atoms with Crippen molar-refractivity contribution in [3.63, 3.8) is 0 Å². The third kappa shape index (κ3) is 1.35. The van der Waals surface area contributed by atoms with E-state index in [2.05, 4.69) is 73.7 Å². The molecule has 2 heteroatoms. The molecule has 2 aromatic carbocycles. The SMILES string of the molecule is C[C@]12C=COC(c3ccccc3)(c3ccccc3)[C@]13OCC[C@H]23. The Labute approximate surface area is 136 Å². The molecule has 0 amide bonds. The van der Waals surface area contributed by atoms with Gasteiger partial charge in [0.15, 0.2) is 5.60 Å². The molecule has 2 aromatic rings. The Morgan fingerprint density at radius 1 is 0.913 bits per heavy atom. The van der Waals surface area contributed by atoms with E-state index in [9.17, 15) is 0 Å². The van der Waals surface area contributed by atoms with Crippen molar-refractivity contribution < 1.29 is 9.47 Å². The van der Waals surface area contributed by atoms with E-state index in [0.29, 0.717) is 5.92 Å². The quantitative estimate of drug-likeness (QED) is 0.825. The van der Waals surface area contributed by atoms with Crippen molar-refractivity contribution in [2.45, 2.75) is 24.5 Å². The molecule has 0 aromatic heterocycles. The minimum absolute atomic E-state index is 0.0508. The highest BCUT2D eigenvalue weighted by Gasteiger charge is 2.86. The number of hydrogen-bond acceptors (Lipinski definition) is 2. The molecule has 2 aliphatic heterocycles. The summed E-state index contributed by atoms with van der Waals surface area (Å²) in [6.07, 6.45) is 5.21. The van der Waals surface area contributed by atoms with Crippen molar-refractivity contribution >= 4 is 0 Å². The first-order valence-corrected chi connectivity index (χ1v) is 8.36. The van der Waals surface area contributed by atoms with Gasteiger partial charge in [-0.15, -0.1) is 0 Å². The van der Waals surface area contributed by atoms with E-state index in [-0.39, 0.29) is 11.0 Å². The summed E-state index contributed by atoms with van der Waals surface area (Å²) in [7, 11) is 0. The lowest BCUT2D eigenvalue weighted by Crippen LogP contribution is -2.50. The Bertz CT molecular complexity index is 727. The van der Waals surface area contributed by atoms with Crippen LogP contribution in [0.15, 0.2) is 73.0 Å². The highest BCUT2D eigenvalue weighted by Crippen LogP contribution is 2.79. The van der Waals surface area contributed by atoms with E-state index in [4.69, 9.17) is 9.47 Å². The minimum atomic E-state index is -0.569. The standard InChI is InChI=1S/C21H20O2/c1-19-13-15-22-20(16-8-4-2-5-9-16,17-10-6-3-7-11-17)21(19)18(19)12-14-23-21/h2-11,13,15,18H,12,14H2,1H3/t18-,19-,21-/m1/s1. The van der Waals surface area contributed by atoms with Gasteiger partial charge in [0.25, 0.3) is 0 Å². The molecule has 1 aliphatic carbocycles. The second kappa shape index (κ2) is 4.27. The molecule has 1 saturated carbocycles. The highest BCUT2D eigenvalue weighted by molar-refractivity contribution is 5.52. The third-order valence-electron chi connectivity index (χ3n) is 6.21. The zero-order chi connectivity index (χ0) is 15.5. The summed E-state index contributed by atoms with van der Waals surface area (Å²) in [4.78, 5) is 0. The zero-order valence-electron chi connectivity index (χ0n) is 13.2. The van der Waals surface area contributed by atoms with Crippen LogP contribution < -0.4 is 0 Å². The fourth-order valence-corrected chi connectivity index (χ4v) is 5.20. The first kappa shape index (κ1) is 13.4. The number of rotatable bonds is 2. The fraction of sp³-hybridized carbons (Fsp3) is 0.333. The van der Waals surface area contributed by atoms with Gasteiger partial charge >= 0.3 is 0 Å². The minimum Gasteiger partial charge on any atom is -0.483 e. The van der Waals surface area contributed by atoms with E-state index in [1.54, 1.807) is 0 Å². The summed E-state index contributed by atoms with van der Waals surface area (Å²) < 4.78 is 12.9.